The van der Waals surface area contributed by atoms with Crippen molar-refractivity contribution in [1.82, 2.24) is 15.2 Å². The number of likely N-dealkylation sites (N-methyl/N-ethyl adjacent to an activating group) is 1. The fourth-order valence-electron chi connectivity index (χ4n) is 3.84. The van der Waals surface area contributed by atoms with Crippen LogP contribution in [-0.4, -0.2) is 58.5 Å². The highest BCUT2D eigenvalue weighted by molar-refractivity contribution is 8.01. The van der Waals surface area contributed by atoms with Crippen LogP contribution in [0.15, 0.2) is 48.8 Å². The molecule has 0 spiro atoms. The molecule has 2 aromatic rings. The number of thioether (sulfide) groups is 1. The molecule has 0 radical (unpaired) electrons. The van der Waals surface area contributed by atoms with E-state index >= 15 is 0 Å². The number of benzene rings is 1. The van der Waals surface area contributed by atoms with E-state index in [1.54, 1.807) is 25.5 Å². The van der Waals surface area contributed by atoms with Crippen LogP contribution in [0.5, 0.6) is 0 Å². The average Bonchev–Trinajstić information content (AvgIpc) is 3.45. The van der Waals surface area contributed by atoms with Crippen molar-refractivity contribution in [2.75, 3.05) is 30.4 Å². The monoisotopic (exact) mass is 453 g/mol. The third-order valence-corrected chi connectivity index (χ3v) is 7.07. The van der Waals surface area contributed by atoms with Gasteiger partial charge in [-0.25, -0.2) is 0 Å². The first-order valence-electron chi connectivity index (χ1n) is 10.7. The summed E-state index contributed by atoms with van der Waals surface area (Å²) in [6.45, 7) is 2.14. The Balaban J connectivity index is 1.27. The van der Waals surface area contributed by atoms with Gasteiger partial charge in [-0.3, -0.25) is 19.4 Å². The Hall–Kier alpha value is -3.07. The van der Waals surface area contributed by atoms with E-state index in [9.17, 15) is 14.4 Å². The molecule has 1 unspecified atom stereocenters. The predicted molar refractivity (Wildman–Crippen MR) is 125 cm³/mol. The highest BCUT2D eigenvalue weighted by Crippen LogP contribution is 2.29. The number of aromatic nitrogens is 1. The van der Waals surface area contributed by atoms with Gasteiger partial charge in [0.25, 0.3) is 0 Å². The third-order valence-electron chi connectivity index (χ3n) is 5.67. The topological polar surface area (TPSA) is 94.6 Å². The van der Waals surface area contributed by atoms with E-state index in [0.717, 1.165) is 24.3 Å². The van der Waals surface area contributed by atoms with Gasteiger partial charge in [0.15, 0.2) is 5.50 Å². The average molecular weight is 454 g/mol. The predicted octanol–water partition coefficient (Wildman–Crippen LogP) is 2.23. The molecule has 1 aromatic heterocycles. The first-order chi connectivity index (χ1) is 15.5. The molecular weight excluding hydrogens is 426 g/mol. The molecule has 2 aliphatic rings. The lowest BCUT2D eigenvalue weighted by atomic mass is 10.2. The number of nitrogens with zero attached hydrogens (tertiary/aromatic N) is 3. The molecular formula is C23H27N5O3S. The second kappa shape index (κ2) is 10.0. The Labute approximate surface area is 191 Å². The van der Waals surface area contributed by atoms with E-state index in [4.69, 9.17) is 0 Å². The van der Waals surface area contributed by atoms with Crippen molar-refractivity contribution in [1.29, 1.82) is 0 Å². The Bertz CT molecular complexity index is 963. The van der Waals surface area contributed by atoms with Gasteiger partial charge in [-0.15, -0.1) is 11.8 Å². The van der Waals surface area contributed by atoms with Crippen molar-refractivity contribution in [3.05, 3.63) is 54.4 Å². The maximum absolute atomic E-state index is 12.5. The Morgan fingerprint density at radius 2 is 1.97 bits per heavy atom. The van der Waals surface area contributed by atoms with Crippen molar-refractivity contribution in [2.24, 2.45) is 0 Å². The Morgan fingerprint density at radius 3 is 2.66 bits per heavy atom. The normalized spacial score (nSPS) is 20.2. The van der Waals surface area contributed by atoms with Crippen LogP contribution in [0.1, 0.15) is 24.8 Å². The molecule has 2 saturated heterocycles. The standard InChI is InChI=1S/C23H27N5O3S/c1-27(21(30)13-16-5-4-10-24-15-16)23-26-22(31)19(32-23)14-20(29)25-17-6-8-18(9-7-17)28-11-2-3-12-28/h4-10,15,19,23H,2-3,11-14H2,1H3,(H,25,29)(H,26,31)/t19-,23?/m1/s1. The molecule has 0 saturated carbocycles. The molecule has 2 fully saturated rings. The molecule has 9 heteroatoms. The number of nitrogens with one attached hydrogen (secondary N) is 2. The molecule has 3 heterocycles. The van der Waals surface area contributed by atoms with Crippen molar-refractivity contribution < 1.29 is 14.4 Å². The van der Waals surface area contributed by atoms with Gasteiger partial charge in [-0.1, -0.05) is 6.07 Å². The Kier molecular flexibility index (Phi) is 6.94. The summed E-state index contributed by atoms with van der Waals surface area (Å²) in [4.78, 5) is 45.3. The quantitative estimate of drug-likeness (QED) is 0.668. The summed E-state index contributed by atoms with van der Waals surface area (Å²) < 4.78 is 0. The lowest BCUT2D eigenvalue weighted by molar-refractivity contribution is -0.131. The summed E-state index contributed by atoms with van der Waals surface area (Å²) in [5.41, 5.74) is 2.18. The van der Waals surface area contributed by atoms with Crippen LogP contribution in [0, 0.1) is 0 Å². The SMILES string of the molecule is CN(C(=O)Cc1cccnc1)C1NC(=O)[C@@H](CC(=O)Nc2ccc(N3CCCC3)cc2)S1. The summed E-state index contributed by atoms with van der Waals surface area (Å²) in [6, 6.07) is 11.4. The maximum Gasteiger partial charge on any atom is 0.236 e. The summed E-state index contributed by atoms with van der Waals surface area (Å²) in [5.74, 6) is -0.587. The minimum atomic E-state index is -0.544. The highest BCUT2D eigenvalue weighted by Gasteiger charge is 2.37. The second-order valence-corrected chi connectivity index (χ2v) is 9.31. The number of amides is 3. The third kappa shape index (κ3) is 5.40. The largest absolute Gasteiger partial charge is 0.372 e. The lowest BCUT2D eigenvalue weighted by Gasteiger charge is -2.23. The number of hydrogen-bond donors (Lipinski definition) is 2. The maximum atomic E-state index is 12.5. The van der Waals surface area contributed by atoms with Crippen LogP contribution < -0.4 is 15.5 Å². The number of pyridine rings is 1. The van der Waals surface area contributed by atoms with E-state index < -0.39 is 10.7 Å². The van der Waals surface area contributed by atoms with Gasteiger partial charge in [0, 0.05) is 50.3 Å². The summed E-state index contributed by atoms with van der Waals surface area (Å²) in [7, 11) is 1.65. The number of anilines is 2. The molecule has 0 aliphatic carbocycles. The molecule has 2 atom stereocenters. The van der Waals surface area contributed by atoms with Gasteiger partial charge >= 0.3 is 0 Å². The van der Waals surface area contributed by atoms with Crippen LogP contribution in [0.25, 0.3) is 0 Å². The Morgan fingerprint density at radius 1 is 1.22 bits per heavy atom. The van der Waals surface area contributed by atoms with Crippen LogP contribution in [0.3, 0.4) is 0 Å². The zero-order valence-electron chi connectivity index (χ0n) is 18.0. The minimum absolute atomic E-state index is 0.0471. The summed E-state index contributed by atoms with van der Waals surface area (Å²) in [6.07, 6.45) is 5.98. The van der Waals surface area contributed by atoms with E-state index in [2.05, 4.69) is 20.5 Å². The van der Waals surface area contributed by atoms with E-state index in [1.165, 1.54) is 29.5 Å². The lowest BCUT2D eigenvalue weighted by Crippen LogP contribution is -2.43. The van der Waals surface area contributed by atoms with Crippen molar-refractivity contribution in [2.45, 2.75) is 36.4 Å². The van der Waals surface area contributed by atoms with E-state index in [0.29, 0.717) is 5.69 Å². The fraction of sp³-hybridized carbons (Fsp3) is 0.391. The molecule has 168 valence electrons. The molecule has 1 aromatic carbocycles. The molecule has 4 rings (SSSR count). The van der Waals surface area contributed by atoms with Crippen molar-refractivity contribution >= 4 is 40.9 Å². The molecule has 32 heavy (non-hydrogen) atoms. The zero-order chi connectivity index (χ0) is 22.5. The smallest absolute Gasteiger partial charge is 0.236 e. The van der Waals surface area contributed by atoms with Gasteiger partial charge in [-0.2, -0.15) is 0 Å². The van der Waals surface area contributed by atoms with Crippen LogP contribution in [0.4, 0.5) is 11.4 Å². The van der Waals surface area contributed by atoms with Crippen LogP contribution >= 0.6 is 11.8 Å². The molecule has 0 bridgehead atoms. The van der Waals surface area contributed by atoms with Crippen molar-refractivity contribution in [3.8, 4) is 0 Å². The summed E-state index contributed by atoms with van der Waals surface area (Å²) >= 11 is 1.29. The first-order valence-corrected chi connectivity index (χ1v) is 11.7. The van der Waals surface area contributed by atoms with Crippen LogP contribution in [0.2, 0.25) is 0 Å². The van der Waals surface area contributed by atoms with Gasteiger partial charge < -0.3 is 20.4 Å². The van der Waals surface area contributed by atoms with E-state index in [-0.39, 0.29) is 30.6 Å². The minimum Gasteiger partial charge on any atom is -0.372 e. The number of carbonyl (C=O) groups is 3. The molecule has 2 N–H and O–H groups in total. The van der Waals surface area contributed by atoms with Crippen LogP contribution in [-0.2, 0) is 20.8 Å². The zero-order valence-corrected chi connectivity index (χ0v) is 18.8. The van der Waals surface area contributed by atoms with Crippen molar-refractivity contribution in [3.63, 3.8) is 0 Å². The van der Waals surface area contributed by atoms with Gasteiger partial charge in [-0.05, 0) is 48.7 Å². The van der Waals surface area contributed by atoms with Gasteiger partial charge in [0.1, 0.15) is 0 Å². The second-order valence-electron chi connectivity index (χ2n) is 8.02. The molecule has 3 amide bonds. The number of rotatable bonds is 7. The summed E-state index contributed by atoms with van der Waals surface area (Å²) in [5, 5.41) is 5.13. The number of carbonyl (C=O) groups excluding carboxylic acids is 3. The molecule has 8 nitrogen and oxygen atoms in total. The highest BCUT2D eigenvalue weighted by atomic mass is 32.2. The number of hydrogen-bond acceptors (Lipinski definition) is 6. The molecule has 2 aliphatic heterocycles. The van der Waals surface area contributed by atoms with E-state index in [1.807, 2.05) is 30.3 Å². The first kappa shape index (κ1) is 22.1. The van der Waals surface area contributed by atoms with Gasteiger partial charge in [0.2, 0.25) is 17.7 Å². The van der Waals surface area contributed by atoms with Gasteiger partial charge in [0.05, 0.1) is 11.7 Å². The fourth-order valence-corrected chi connectivity index (χ4v) is 5.07.